The predicted octanol–water partition coefficient (Wildman–Crippen LogP) is 6.05. The molecule has 2 fully saturated rings. The van der Waals surface area contributed by atoms with Crippen molar-refractivity contribution in [3.05, 3.63) is 60.1 Å². The minimum absolute atomic E-state index is 0.130. The van der Waals surface area contributed by atoms with Crippen molar-refractivity contribution in [1.29, 1.82) is 0 Å². The number of imidazole rings is 1. The number of alkyl halides is 3. The van der Waals surface area contributed by atoms with E-state index in [4.69, 9.17) is 4.98 Å². The van der Waals surface area contributed by atoms with Crippen molar-refractivity contribution >= 4 is 17.2 Å². The van der Waals surface area contributed by atoms with Crippen LogP contribution in [-0.4, -0.2) is 64.2 Å². The lowest BCUT2D eigenvalue weighted by atomic mass is 9.95. The molecule has 214 valence electrons. The second kappa shape index (κ2) is 11.6. The van der Waals surface area contributed by atoms with E-state index in [2.05, 4.69) is 36.2 Å². The zero-order chi connectivity index (χ0) is 28.4. The Kier molecular flexibility index (Phi) is 8.11. The van der Waals surface area contributed by atoms with Crippen molar-refractivity contribution in [1.82, 2.24) is 24.4 Å². The highest BCUT2D eigenvalue weighted by molar-refractivity contribution is 5.80. The average molecular weight is 558 g/mol. The van der Waals surface area contributed by atoms with Gasteiger partial charge in [-0.3, -0.25) is 0 Å². The summed E-state index contributed by atoms with van der Waals surface area (Å²) in [6.07, 6.45) is 2.59. The Morgan fingerprint density at radius 1 is 1.07 bits per heavy atom. The van der Waals surface area contributed by atoms with Crippen LogP contribution in [0.3, 0.4) is 0 Å². The van der Waals surface area contributed by atoms with Crippen LogP contribution in [0.25, 0.3) is 16.8 Å². The highest BCUT2D eigenvalue weighted by atomic mass is 19.4. The van der Waals surface area contributed by atoms with Crippen LogP contribution < -0.4 is 10.2 Å². The molecule has 0 unspecified atom stereocenters. The minimum Gasteiger partial charge on any atom is -0.372 e. The molecule has 2 aliphatic rings. The lowest BCUT2D eigenvalue weighted by molar-refractivity contribution is -0.139. The molecular formula is C29H35F4N7. The van der Waals surface area contributed by atoms with Crippen molar-refractivity contribution in [2.75, 3.05) is 50.0 Å². The number of allylic oxidation sites excluding steroid dienone is 1. The lowest BCUT2D eigenvalue weighted by Gasteiger charge is -2.34. The fraction of sp³-hybridized carbons (Fsp3) is 0.483. The number of likely N-dealkylation sites (tertiary alicyclic amines) is 1. The van der Waals surface area contributed by atoms with Gasteiger partial charge in [0.2, 0.25) is 0 Å². The molecule has 0 amide bonds. The monoisotopic (exact) mass is 557 g/mol. The molecule has 3 aromatic rings. The number of hydrogen-bond acceptors (Lipinski definition) is 6. The molecule has 2 aliphatic heterocycles. The summed E-state index contributed by atoms with van der Waals surface area (Å²) in [5, 5.41) is 3.12. The molecule has 40 heavy (non-hydrogen) atoms. The summed E-state index contributed by atoms with van der Waals surface area (Å²) in [5.74, 6) is 1.29. The molecule has 0 radical (unpaired) electrons. The van der Waals surface area contributed by atoms with Gasteiger partial charge in [-0.05, 0) is 69.5 Å². The molecule has 0 aliphatic carbocycles. The van der Waals surface area contributed by atoms with Gasteiger partial charge in [0.15, 0.2) is 0 Å². The first-order valence-electron chi connectivity index (χ1n) is 13.8. The summed E-state index contributed by atoms with van der Waals surface area (Å²) in [4.78, 5) is 18.4. The SMILES string of the molecule is C=C(C)c1c(NC)ncnc1N1CCC(c2nc(-c3ccc(F)c(C(F)(F)F)c3)cn2CCN2CCCC2)CC1. The summed E-state index contributed by atoms with van der Waals surface area (Å²) >= 11 is 0. The predicted molar refractivity (Wildman–Crippen MR) is 149 cm³/mol. The Morgan fingerprint density at radius 2 is 1.80 bits per heavy atom. The van der Waals surface area contributed by atoms with E-state index in [1.54, 1.807) is 6.33 Å². The molecule has 1 aromatic carbocycles. The van der Waals surface area contributed by atoms with E-state index >= 15 is 0 Å². The number of nitrogens with one attached hydrogen (secondary N) is 1. The summed E-state index contributed by atoms with van der Waals surface area (Å²) in [6, 6.07) is 3.11. The van der Waals surface area contributed by atoms with E-state index in [1.807, 2.05) is 20.2 Å². The fourth-order valence-corrected chi connectivity index (χ4v) is 5.78. The highest BCUT2D eigenvalue weighted by Crippen LogP contribution is 2.37. The third-order valence-corrected chi connectivity index (χ3v) is 7.88. The van der Waals surface area contributed by atoms with Gasteiger partial charge in [-0.1, -0.05) is 6.58 Å². The van der Waals surface area contributed by atoms with Crippen molar-refractivity contribution in [3.8, 4) is 11.3 Å². The number of nitrogens with zero attached hydrogens (tertiary/aromatic N) is 6. The largest absolute Gasteiger partial charge is 0.419 e. The zero-order valence-electron chi connectivity index (χ0n) is 22.9. The van der Waals surface area contributed by atoms with E-state index in [9.17, 15) is 17.6 Å². The Hall–Kier alpha value is -3.47. The normalized spacial score (nSPS) is 17.0. The molecule has 0 atom stereocenters. The third kappa shape index (κ3) is 5.84. The van der Waals surface area contributed by atoms with Crippen molar-refractivity contribution in [2.24, 2.45) is 0 Å². The van der Waals surface area contributed by atoms with Crippen LogP contribution in [0.4, 0.5) is 29.2 Å². The van der Waals surface area contributed by atoms with Crippen LogP contribution >= 0.6 is 0 Å². The van der Waals surface area contributed by atoms with Crippen LogP contribution in [0.15, 0.2) is 37.3 Å². The average Bonchev–Trinajstić information content (AvgIpc) is 3.61. The first kappa shape index (κ1) is 28.1. The summed E-state index contributed by atoms with van der Waals surface area (Å²) in [6.45, 7) is 11.2. The van der Waals surface area contributed by atoms with Crippen LogP contribution in [-0.2, 0) is 12.7 Å². The minimum atomic E-state index is -4.77. The lowest BCUT2D eigenvalue weighted by Crippen LogP contribution is -2.35. The van der Waals surface area contributed by atoms with Gasteiger partial charge < -0.3 is 19.7 Å². The number of aromatic nitrogens is 4. The number of anilines is 2. The van der Waals surface area contributed by atoms with Gasteiger partial charge in [0.1, 0.15) is 29.6 Å². The fourth-order valence-electron chi connectivity index (χ4n) is 5.78. The Bertz CT molecular complexity index is 1350. The summed E-state index contributed by atoms with van der Waals surface area (Å²) in [7, 11) is 1.82. The molecule has 0 saturated carbocycles. The van der Waals surface area contributed by atoms with Crippen LogP contribution in [0.2, 0.25) is 0 Å². The van der Waals surface area contributed by atoms with Crippen LogP contribution in [0, 0.1) is 5.82 Å². The first-order valence-corrected chi connectivity index (χ1v) is 13.8. The maximum absolute atomic E-state index is 14.0. The highest BCUT2D eigenvalue weighted by Gasteiger charge is 2.35. The number of rotatable bonds is 8. The maximum Gasteiger partial charge on any atom is 0.419 e. The molecule has 4 heterocycles. The second-order valence-corrected chi connectivity index (χ2v) is 10.6. The molecule has 2 saturated heterocycles. The number of halogens is 4. The van der Waals surface area contributed by atoms with Gasteiger partial charge in [-0.15, -0.1) is 0 Å². The third-order valence-electron chi connectivity index (χ3n) is 7.88. The first-order chi connectivity index (χ1) is 19.2. The van der Waals surface area contributed by atoms with E-state index in [0.29, 0.717) is 12.2 Å². The molecule has 0 spiro atoms. The molecule has 11 heteroatoms. The maximum atomic E-state index is 14.0. The van der Waals surface area contributed by atoms with E-state index < -0.39 is 17.6 Å². The summed E-state index contributed by atoms with van der Waals surface area (Å²) < 4.78 is 56.3. The topological polar surface area (TPSA) is 62.1 Å². The quantitative estimate of drug-likeness (QED) is 0.340. The molecule has 1 N–H and O–H groups in total. The standard InChI is InChI=1S/C29H35F4N7/c1-19(2)25-26(34-3)35-18-36-28(25)39-12-8-20(9-13-39)27-37-24(17-40(27)15-14-38-10-4-5-11-38)21-6-7-23(30)22(16-21)29(31,32)33/h6-7,16-18,20H,1,4-5,8-15H2,2-3H3,(H,34,35,36). The van der Waals surface area contributed by atoms with Gasteiger partial charge in [0.05, 0.1) is 16.8 Å². The van der Waals surface area contributed by atoms with Crippen molar-refractivity contribution in [2.45, 2.75) is 51.2 Å². The van der Waals surface area contributed by atoms with E-state index in [1.165, 1.54) is 18.9 Å². The molecule has 7 nitrogen and oxygen atoms in total. The van der Waals surface area contributed by atoms with Crippen molar-refractivity contribution in [3.63, 3.8) is 0 Å². The van der Waals surface area contributed by atoms with E-state index in [0.717, 1.165) is 86.3 Å². The molecule has 5 rings (SSSR count). The number of benzene rings is 1. The Labute approximate surface area is 231 Å². The zero-order valence-corrected chi connectivity index (χ0v) is 22.9. The smallest absolute Gasteiger partial charge is 0.372 e. The molecule has 0 bridgehead atoms. The number of hydrogen-bond donors (Lipinski definition) is 1. The van der Waals surface area contributed by atoms with Gasteiger partial charge in [0.25, 0.3) is 0 Å². The van der Waals surface area contributed by atoms with Crippen LogP contribution in [0.5, 0.6) is 0 Å². The Balaban J connectivity index is 1.41. The molecule has 2 aromatic heterocycles. The van der Waals surface area contributed by atoms with Gasteiger partial charge >= 0.3 is 6.18 Å². The van der Waals surface area contributed by atoms with Gasteiger partial charge in [-0.25, -0.2) is 19.3 Å². The van der Waals surface area contributed by atoms with Gasteiger partial charge in [0, 0.05) is 50.9 Å². The van der Waals surface area contributed by atoms with Crippen LogP contribution in [0.1, 0.15) is 55.5 Å². The molecular weight excluding hydrogens is 522 g/mol. The van der Waals surface area contributed by atoms with Gasteiger partial charge in [-0.2, -0.15) is 13.2 Å². The summed E-state index contributed by atoms with van der Waals surface area (Å²) in [5.41, 5.74) is 1.20. The van der Waals surface area contributed by atoms with Crippen molar-refractivity contribution < 1.29 is 17.6 Å². The second-order valence-electron chi connectivity index (χ2n) is 10.6. The Morgan fingerprint density at radius 3 is 2.45 bits per heavy atom. The van der Waals surface area contributed by atoms with E-state index in [-0.39, 0.29) is 11.5 Å². The number of piperidine rings is 1.